The molecule has 0 rings (SSSR count). The SMILES string of the molecule is CCCCCCCCCCCCCC(=O)C(CC)C(N)(O)CC. The number of nitrogens with two attached hydrogens (primary N) is 1. The molecule has 0 radical (unpaired) electrons. The summed E-state index contributed by atoms with van der Waals surface area (Å²) in [4.78, 5) is 12.2. The smallest absolute Gasteiger partial charge is 0.140 e. The largest absolute Gasteiger partial charge is 0.375 e. The number of hydrogen-bond acceptors (Lipinski definition) is 3. The molecule has 0 aromatic heterocycles. The minimum Gasteiger partial charge on any atom is -0.375 e. The van der Waals surface area contributed by atoms with Gasteiger partial charge in [-0.15, -0.1) is 0 Å². The molecule has 23 heavy (non-hydrogen) atoms. The summed E-state index contributed by atoms with van der Waals surface area (Å²) < 4.78 is 0. The highest BCUT2D eigenvalue weighted by Crippen LogP contribution is 2.23. The fourth-order valence-corrected chi connectivity index (χ4v) is 3.24. The Labute approximate surface area is 144 Å². The number of unbranched alkanes of at least 4 members (excludes halogenated alkanes) is 10. The molecule has 0 aromatic rings. The van der Waals surface area contributed by atoms with Crippen molar-refractivity contribution in [3.05, 3.63) is 0 Å². The summed E-state index contributed by atoms with van der Waals surface area (Å²) in [6, 6.07) is 0. The van der Waals surface area contributed by atoms with Crippen LogP contribution in [-0.2, 0) is 4.79 Å². The first-order valence-electron chi connectivity index (χ1n) is 10.0. The van der Waals surface area contributed by atoms with Crippen LogP contribution in [0.3, 0.4) is 0 Å². The number of rotatable bonds is 16. The maximum atomic E-state index is 12.2. The predicted molar refractivity (Wildman–Crippen MR) is 99.3 cm³/mol. The van der Waals surface area contributed by atoms with Crippen LogP contribution in [0.2, 0.25) is 0 Å². The number of hydrogen-bond donors (Lipinski definition) is 2. The standard InChI is InChI=1S/C20H41NO2/c1-4-7-8-9-10-11-12-13-14-15-16-17-19(22)18(5-2)20(21,23)6-3/h18,23H,4-17,21H2,1-3H3. The fourth-order valence-electron chi connectivity index (χ4n) is 3.24. The van der Waals surface area contributed by atoms with Crippen molar-refractivity contribution in [3.63, 3.8) is 0 Å². The molecule has 0 aliphatic rings. The van der Waals surface area contributed by atoms with E-state index in [-0.39, 0.29) is 5.78 Å². The molecule has 138 valence electrons. The van der Waals surface area contributed by atoms with Crippen molar-refractivity contribution in [2.24, 2.45) is 11.7 Å². The minimum absolute atomic E-state index is 0.135. The lowest BCUT2D eigenvalue weighted by Crippen LogP contribution is -2.49. The molecule has 0 saturated heterocycles. The Morgan fingerprint density at radius 1 is 0.870 bits per heavy atom. The number of Topliss-reactive ketones (excluding diaryl/α,β-unsaturated/α-hetero) is 1. The topological polar surface area (TPSA) is 63.3 Å². The molecule has 3 nitrogen and oxygen atoms in total. The number of carbonyl (C=O) groups excluding carboxylic acids is 1. The normalized spacial score (nSPS) is 15.3. The van der Waals surface area contributed by atoms with Gasteiger partial charge < -0.3 is 10.8 Å². The minimum atomic E-state index is -1.33. The van der Waals surface area contributed by atoms with Gasteiger partial charge >= 0.3 is 0 Å². The second kappa shape index (κ2) is 14.0. The van der Waals surface area contributed by atoms with E-state index in [1.54, 1.807) is 0 Å². The summed E-state index contributed by atoms with van der Waals surface area (Å²) in [7, 11) is 0. The summed E-state index contributed by atoms with van der Waals surface area (Å²) in [6.45, 7) is 6.01. The highest BCUT2D eigenvalue weighted by Gasteiger charge is 2.34. The van der Waals surface area contributed by atoms with Crippen LogP contribution in [0, 0.1) is 5.92 Å². The zero-order valence-corrected chi connectivity index (χ0v) is 15.9. The fraction of sp³-hybridized carbons (Fsp3) is 0.950. The van der Waals surface area contributed by atoms with Crippen LogP contribution in [0.15, 0.2) is 0 Å². The Bertz CT molecular complexity index is 289. The Balaban J connectivity index is 3.59. The molecule has 3 heteroatoms. The van der Waals surface area contributed by atoms with E-state index in [2.05, 4.69) is 6.92 Å². The molecular weight excluding hydrogens is 286 g/mol. The van der Waals surface area contributed by atoms with E-state index in [0.29, 0.717) is 19.3 Å². The van der Waals surface area contributed by atoms with Crippen LogP contribution >= 0.6 is 0 Å². The van der Waals surface area contributed by atoms with Gasteiger partial charge in [-0.2, -0.15) is 0 Å². The van der Waals surface area contributed by atoms with Crippen LogP contribution in [0.5, 0.6) is 0 Å². The Kier molecular flexibility index (Phi) is 13.7. The maximum absolute atomic E-state index is 12.2. The van der Waals surface area contributed by atoms with Gasteiger partial charge in [0, 0.05) is 6.42 Å². The van der Waals surface area contributed by atoms with Crippen molar-refractivity contribution < 1.29 is 9.90 Å². The molecule has 0 bridgehead atoms. The molecule has 0 aliphatic carbocycles. The summed E-state index contributed by atoms with van der Waals surface area (Å²) in [5.41, 5.74) is 4.51. The number of carbonyl (C=O) groups is 1. The predicted octanol–water partition coefficient (Wildman–Crippen LogP) is 5.34. The zero-order valence-electron chi connectivity index (χ0n) is 15.9. The van der Waals surface area contributed by atoms with Gasteiger partial charge in [-0.3, -0.25) is 4.79 Å². The zero-order chi connectivity index (χ0) is 17.6. The van der Waals surface area contributed by atoms with E-state index < -0.39 is 11.6 Å². The molecule has 0 fully saturated rings. The first kappa shape index (κ1) is 22.6. The van der Waals surface area contributed by atoms with E-state index in [1.807, 2.05) is 13.8 Å². The maximum Gasteiger partial charge on any atom is 0.140 e. The van der Waals surface area contributed by atoms with Gasteiger partial charge in [0.05, 0.1) is 5.92 Å². The van der Waals surface area contributed by atoms with Crippen molar-refractivity contribution in [1.82, 2.24) is 0 Å². The van der Waals surface area contributed by atoms with Crippen LogP contribution in [-0.4, -0.2) is 16.6 Å². The van der Waals surface area contributed by atoms with Crippen LogP contribution < -0.4 is 5.73 Å². The van der Waals surface area contributed by atoms with E-state index in [9.17, 15) is 9.90 Å². The molecular formula is C20H41NO2. The van der Waals surface area contributed by atoms with Gasteiger partial charge in [0.1, 0.15) is 11.5 Å². The molecule has 3 N–H and O–H groups in total. The molecule has 2 atom stereocenters. The monoisotopic (exact) mass is 327 g/mol. The van der Waals surface area contributed by atoms with E-state index in [1.165, 1.54) is 57.8 Å². The lowest BCUT2D eigenvalue weighted by Gasteiger charge is -2.29. The van der Waals surface area contributed by atoms with E-state index >= 15 is 0 Å². The molecule has 0 spiro atoms. The van der Waals surface area contributed by atoms with E-state index in [0.717, 1.165) is 12.8 Å². The van der Waals surface area contributed by atoms with Gasteiger partial charge in [-0.05, 0) is 19.3 Å². The highest BCUT2D eigenvalue weighted by molar-refractivity contribution is 5.82. The van der Waals surface area contributed by atoms with Gasteiger partial charge in [0.25, 0.3) is 0 Å². The molecule has 0 aromatic carbocycles. The van der Waals surface area contributed by atoms with Crippen LogP contribution in [0.4, 0.5) is 0 Å². The average molecular weight is 328 g/mol. The van der Waals surface area contributed by atoms with Crippen molar-refractivity contribution in [1.29, 1.82) is 0 Å². The second-order valence-electron chi connectivity index (χ2n) is 7.06. The first-order valence-corrected chi connectivity index (χ1v) is 10.0. The molecule has 0 amide bonds. The van der Waals surface area contributed by atoms with Gasteiger partial charge in [0.2, 0.25) is 0 Å². The number of ketones is 1. The quantitative estimate of drug-likeness (QED) is 0.297. The summed E-state index contributed by atoms with van der Waals surface area (Å²) in [5, 5.41) is 10.1. The molecule has 0 aliphatic heterocycles. The molecule has 2 unspecified atom stereocenters. The van der Waals surface area contributed by atoms with Crippen LogP contribution in [0.25, 0.3) is 0 Å². The van der Waals surface area contributed by atoms with Gasteiger partial charge in [-0.1, -0.05) is 85.0 Å². The van der Waals surface area contributed by atoms with Crippen molar-refractivity contribution >= 4 is 5.78 Å². The third-order valence-electron chi connectivity index (χ3n) is 4.99. The average Bonchev–Trinajstić information content (AvgIpc) is 2.53. The Morgan fingerprint density at radius 2 is 1.30 bits per heavy atom. The third kappa shape index (κ3) is 10.9. The van der Waals surface area contributed by atoms with Crippen LogP contribution in [0.1, 0.15) is 111 Å². The van der Waals surface area contributed by atoms with Crippen molar-refractivity contribution in [2.45, 2.75) is 116 Å². The first-order chi connectivity index (χ1) is 11.0. The van der Waals surface area contributed by atoms with Crippen molar-refractivity contribution in [2.75, 3.05) is 0 Å². The second-order valence-corrected chi connectivity index (χ2v) is 7.06. The Morgan fingerprint density at radius 3 is 1.70 bits per heavy atom. The molecule has 0 saturated carbocycles. The van der Waals surface area contributed by atoms with Crippen molar-refractivity contribution in [3.8, 4) is 0 Å². The summed E-state index contributed by atoms with van der Waals surface area (Å²) >= 11 is 0. The number of aliphatic hydroxyl groups is 1. The summed E-state index contributed by atoms with van der Waals surface area (Å²) in [5.74, 6) is -0.272. The van der Waals surface area contributed by atoms with Gasteiger partial charge in [-0.25, -0.2) is 0 Å². The lowest BCUT2D eigenvalue weighted by atomic mass is 9.85. The third-order valence-corrected chi connectivity index (χ3v) is 4.99. The lowest BCUT2D eigenvalue weighted by molar-refractivity contribution is -0.132. The van der Waals surface area contributed by atoms with E-state index in [4.69, 9.17) is 5.73 Å². The Hall–Kier alpha value is -0.410. The highest BCUT2D eigenvalue weighted by atomic mass is 16.3. The van der Waals surface area contributed by atoms with Gasteiger partial charge in [0.15, 0.2) is 0 Å². The molecule has 0 heterocycles. The summed E-state index contributed by atoms with van der Waals surface area (Å²) in [6.07, 6.45) is 15.7.